The molecule has 1 N–H and O–H groups in total. The maximum Gasteiger partial charge on any atom is 0.268 e. The van der Waals surface area contributed by atoms with Gasteiger partial charge in [-0.2, -0.15) is 0 Å². The first-order valence-electron chi connectivity index (χ1n) is 9.29. The van der Waals surface area contributed by atoms with Gasteiger partial charge in [-0.05, 0) is 43.7 Å². The molecule has 0 saturated carbocycles. The Labute approximate surface area is 163 Å². The van der Waals surface area contributed by atoms with Gasteiger partial charge in [-0.25, -0.2) is 0 Å². The molecule has 0 fully saturated rings. The lowest BCUT2D eigenvalue weighted by atomic mass is 10.1. The normalized spacial score (nSPS) is 18.7. The SMILES string of the molecule is CC1Oc2ccccc2N(CC(=O)NC(C)c2ccc3c(c2)OCCO3)C1=O. The number of carbonyl (C=O) groups is 2. The van der Waals surface area contributed by atoms with Crippen LogP contribution in [-0.4, -0.2) is 37.7 Å². The van der Waals surface area contributed by atoms with Gasteiger partial charge >= 0.3 is 0 Å². The minimum absolute atomic E-state index is 0.0710. The Hall–Kier alpha value is -3.22. The summed E-state index contributed by atoms with van der Waals surface area (Å²) in [5.41, 5.74) is 1.51. The summed E-state index contributed by atoms with van der Waals surface area (Å²) in [4.78, 5) is 26.6. The quantitative estimate of drug-likeness (QED) is 0.879. The van der Waals surface area contributed by atoms with Crippen molar-refractivity contribution in [2.24, 2.45) is 0 Å². The third-order valence-electron chi connectivity index (χ3n) is 4.82. The number of hydrogen-bond acceptors (Lipinski definition) is 5. The molecule has 28 heavy (non-hydrogen) atoms. The van der Waals surface area contributed by atoms with Crippen LogP contribution in [0.2, 0.25) is 0 Å². The highest BCUT2D eigenvalue weighted by molar-refractivity contribution is 6.03. The largest absolute Gasteiger partial charge is 0.486 e. The molecule has 2 aromatic rings. The highest BCUT2D eigenvalue weighted by Gasteiger charge is 2.32. The number of nitrogens with zero attached hydrogens (tertiary/aromatic N) is 1. The number of ether oxygens (including phenoxy) is 3. The zero-order chi connectivity index (χ0) is 19.7. The molecule has 2 unspecified atom stereocenters. The average Bonchev–Trinajstić information content (AvgIpc) is 2.71. The molecule has 2 amide bonds. The summed E-state index contributed by atoms with van der Waals surface area (Å²) >= 11 is 0. The van der Waals surface area contributed by atoms with E-state index in [1.165, 1.54) is 4.90 Å². The van der Waals surface area contributed by atoms with E-state index in [4.69, 9.17) is 14.2 Å². The van der Waals surface area contributed by atoms with Crippen molar-refractivity contribution >= 4 is 17.5 Å². The molecule has 0 spiro atoms. The van der Waals surface area contributed by atoms with Crippen LogP contribution in [0.1, 0.15) is 25.5 Å². The van der Waals surface area contributed by atoms with Crippen LogP contribution in [0.25, 0.3) is 0 Å². The second-order valence-electron chi connectivity index (χ2n) is 6.84. The maximum atomic E-state index is 12.6. The van der Waals surface area contributed by atoms with Gasteiger partial charge in [-0.1, -0.05) is 18.2 Å². The minimum atomic E-state index is -0.627. The standard InChI is InChI=1S/C21H22N2O5/c1-13(15-7-8-18-19(11-15)27-10-9-26-18)22-20(24)12-23-16-5-3-4-6-17(16)28-14(2)21(23)25/h3-8,11,13-14H,9-10,12H2,1-2H3,(H,22,24). The fraction of sp³-hybridized carbons (Fsp3) is 0.333. The molecular formula is C21H22N2O5. The molecule has 146 valence electrons. The Bertz CT molecular complexity index is 913. The Balaban J connectivity index is 1.46. The van der Waals surface area contributed by atoms with Gasteiger partial charge in [-0.15, -0.1) is 0 Å². The van der Waals surface area contributed by atoms with E-state index in [0.29, 0.717) is 36.1 Å². The van der Waals surface area contributed by atoms with Crippen molar-refractivity contribution in [1.29, 1.82) is 0 Å². The number of amides is 2. The van der Waals surface area contributed by atoms with Gasteiger partial charge in [0.25, 0.3) is 5.91 Å². The predicted molar refractivity (Wildman–Crippen MR) is 103 cm³/mol. The van der Waals surface area contributed by atoms with Crippen molar-refractivity contribution in [3.8, 4) is 17.2 Å². The number of nitrogens with one attached hydrogen (secondary N) is 1. The first-order valence-corrected chi connectivity index (χ1v) is 9.29. The summed E-state index contributed by atoms with van der Waals surface area (Å²) in [7, 11) is 0. The summed E-state index contributed by atoms with van der Waals surface area (Å²) in [5.74, 6) is 1.50. The Morgan fingerprint density at radius 1 is 1.14 bits per heavy atom. The van der Waals surface area contributed by atoms with Crippen LogP contribution in [-0.2, 0) is 9.59 Å². The van der Waals surface area contributed by atoms with Gasteiger partial charge in [0, 0.05) is 0 Å². The highest BCUT2D eigenvalue weighted by atomic mass is 16.6. The monoisotopic (exact) mass is 382 g/mol. The second kappa shape index (κ2) is 7.42. The van der Waals surface area contributed by atoms with E-state index in [2.05, 4.69) is 5.32 Å². The molecule has 4 rings (SSSR count). The summed E-state index contributed by atoms with van der Waals surface area (Å²) in [5, 5.41) is 2.95. The van der Waals surface area contributed by atoms with Crippen molar-refractivity contribution in [2.75, 3.05) is 24.7 Å². The van der Waals surface area contributed by atoms with Crippen LogP contribution in [0, 0.1) is 0 Å². The molecule has 0 aromatic heterocycles. The fourth-order valence-electron chi connectivity index (χ4n) is 3.37. The molecule has 7 heteroatoms. The third-order valence-corrected chi connectivity index (χ3v) is 4.82. The first-order chi connectivity index (χ1) is 13.5. The molecule has 0 saturated heterocycles. The zero-order valence-corrected chi connectivity index (χ0v) is 15.8. The molecule has 2 aliphatic rings. The minimum Gasteiger partial charge on any atom is -0.486 e. The van der Waals surface area contributed by atoms with Crippen LogP contribution in [0.5, 0.6) is 17.2 Å². The lowest BCUT2D eigenvalue weighted by Crippen LogP contribution is -2.49. The Morgan fingerprint density at radius 3 is 2.71 bits per heavy atom. The van der Waals surface area contributed by atoms with E-state index in [9.17, 15) is 9.59 Å². The molecule has 0 aliphatic carbocycles. The first kappa shape index (κ1) is 18.2. The van der Waals surface area contributed by atoms with Gasteiger partial charge < -0.3 is 19.5 Å². The second-order valence-corrected chi connectivity index (χ2v) is 6.84. The van der Waals surface area contributed by atoms with Crippen LogP contribution in [0.3, 0.4) is 0 Å². The molecule has 2 atom stereocenters. The lowest BCUT2D eigenvalue weighted by molar-refractivity contribution is -0.128. The van der Waals surface area contributed by atoms with Crippen molar-refractivity contribution in [3.05, 3.63) is 48.0 Å². The summed E-state index contributed by atoms with van der Waals surface area (Å²) < 4.78 is 16.7. The number of para-hydroxylation sites is 2. The van der Waals surface area contributed by atoms with Crippen molar-refractivity contribution in [1.82, 2.24) is 5.32 Å². The highest BCUT2D eigenvalue weighted by Crippen LogP contribution is 2.34. The fourth-order valence-corrected chi connectivity index (χ4v) is 3.37. The topological polar surface area (TPSA) is 77.1 Å². The van der Waals surface area contributed by atoms with E-state index < -0.39 is 6.10 Å². The molecule has 7 nitrogen and oxygen atoms in total. The lowest BCUT2D eigenvalue weighted by Gasteiger charge is -2.32. The number of carbonyl (C=O) groups excluding carboxylic acids is 2. The number of rotatable bonds is 4. The van der Waals surface area contributed by atoms with Crippen LogP contribution >= 0.6 is 0 Å². The van der Waals surface area contributed by atoms with E-state index in [1.807, 2.05) is 37.3 Å². The molecular weight excluding hydrogens is 360 g/mol. The summed E-state index contributed by atoms with van der Waals surface area (Å²) in [6.07, 6.45) is -0.627. The van der Waals surface area contributed by atoms with E-state index in [1.54, 1.807) is 19.1 Å². The molecule has 2 heterocycles. The Morgan fingerprint density at radius 2 is 1.89 bits per heavy atom. The molecule has 2 aliphatic heterocycles. The maximum absolute atomic E-state index is 12.6. The van der Waals surface area contributed by atoms with Crippen molar-refractivity contribution < 1.29 is 23.8 Å². The molecule has 0 bridgehead atoms. The molecule has 2 aromatic carbocycles. The van der Waals surface area contributed by atoms with E-state index in [0.717, 1.165) is 5.56 Å². The van der Waals surface area contributed by atoms with Crippen LogP contribution < -0.4 is 24.4 Å². The number of fused-ring (bicyclic) bond motifs is 2. The van der Waals surface area contributed by atoms with E-state index in [-0.39, 0.29) is 24.4 Å². The van der Waals surface area contributed by atoms with Crippen molar-refractivity contribution in [2.45, 2.75) is 26.0 Å². The predicted octanol–water partition coefficient (Wildman–Crippen LogP) is 2.45. The van der Waals surface area contributed by atoms with Gasteiger partial charge in [-0.3, -0.25) is 14.5 Å². The average molecular weight is 382 g/mol. The van der Waals surface area contributed by atoms with Crippen LogP contribution in [0.15, 0.2) is 42.5 Å². The smallest absolute Gasteiger partial charge is 0.268 e. The van der Waals surface area contributed by atoms with Crippen LogP contribution in [0.4, 0.5) is 5.69 Å². The van der Waals surface area contributed by atoms with E-state index >= 15 is 0 Å². The zero-order valence-electron chi connectivity index (χ0n) is 15.8. The van der Waals surface area contributed by atoms with Gasteiger partial charge in [0.1, 0.15) is 25.5 Å². The summed E-state index contributed by atoms with van der Waals surface area (Å²) in [6.45, 7) is 4.54. The number of benzene rings is 2. The summed E-state index contributed by atoms with van der Waals surface area (Å²) in [6, 6.07) is 12.6. The van der Waals surface area contributed by atoms with Crippen molar-refractivity contribution in [3.63, 3.8) is 0 Å². The third kappa shape index (κ3) is 3.47. The Kier molecular flexibility index (Phi) is 4.81. The number of anilines is 1. The van der Waals surface area contributed by atoms with Gasteiger partial charge in [0.15, 0.2) is 17.6 Å². The molecule has 0 radical (unpaired) electrons. The van der Waals surface area contributed by atoms with Gasteiger partial charge in [0.2, 0.25) is 5.91 Å². The van der Waals surface area contributed by atoms with Gasteiger partial charge in [0.05, 0.1) is 11.7 Å². The number of hydrogen-bond donors (Lipinski definition) is 1.